The Kier molecular flexibility index (Phi) is 3.99. The third-order valence-corrected chi connectivity index (χ3v) is 2.30. The molecular formula is C11H18N4O. The SMILES string of the molecule is CC(Nc1cccc(N(C)C)c1)/C(N)=N/O. The number of anilines is 2. The fourth-order valence-corrected chi connectivity index (χ4v) is 1.28. The minimum absolute atomic E-state index is 0.162. The summed E-state index contributed by atoms with van der Waals surface area (Å²) in [5.74, 6) is 0.162. The topological polar surface area (TPSA) is 73.9 Å². The highest BCUT2D eigenvalue weighted by molar-refractivity contribution is 5.87. The number of rotatable bonds is 4. The fourth-order valence-electron chi connectivity index (χ4n) is 1.28. The minimum Gasteiger partial charge on any atom is -0.409 e. The lowest BCUT2D eigenvalue weighted by molar-refractivity contribution is 0.316. The van der Waals surface area contributed by atoms with Gasteiger partial charge >= 0.3 is 0 Å². The standard InChI is InChI=1S/C11H18N4O/c1-8(11(12)14-16)13-9-5-4-6-10(7-9)15(2)3/h4-8,13,16H,1-3H3,(H2,12,14). The second-order valence-electron chi connectivity index (χ2n) is 3.84. The van der Waals surface area contributed by atoms with Gasteiger partial charge in [-0.25, -0.2) is 0 Å². The summed E-state index contributed by atoms with van der Waals surface area (Å²) in [7, 11) is 3.96. The predicted octanol–water partition coefficient (Wildman–Crippen LogP) is 1.30. The molecule has 4 N–H and O–H groups in total. The van der Waals surface area contributed by atoms with Gasteiger partial charge in [0.1, 0.15) is 0 Å². The number of nitrogens with one attached hydrogen (secondary N) is 1. The zero-order chi connectivity index (χ0) is 12.1. The summed E-state index contributed by atoms with van der Waals surface area (Å²) in [6.45, 7) is 1.83. The molecule has 1 unspecified atom stereocenters. The number of hydrogen-bond acceptors (Lipinski definition) is 4. The molecule has 0 heterocycles. The van der Waals surface area contributed by atoms with Gasteiger partial charge in [0.2, 0.25) is 0 Å². The van der Waals surface area contributed by atoms with Crippen molar-refractivity contribution in [1.29, 1.82) is 0 Å². The zero-order valence-electron chi connectivity index (χ0n) is 9.81. The lowest BCUT2D eigenvalue weighted by Gasteiger charge is -2.17. The molecule has 0 saturated carbocycles. The van der Waals surface area contributed by atoms with Crippen molar-refractivity contribution in [3.05, 3.63) is 24.3 Å². The fraction of sp³-hybridized carbons (Fsp3) is 0.364. The molecule has 1 atom stereocenters. The molecular weight excluding hydrogens is 204 g/mol. The zero-order valence-corrected chi connectivity index (χ0v) is 9.81. The number of amidine groups is 1. The monoisotopic (exact) mass is 222 g/mol. The van der Waals surface area contributed by atoms with Crippen molar-refractivity contribution in [2.24, 2.45) is 10.9 Å². The Labute approximate surface area is 95.5 Å². The number of nitrogens with zero attached hydrogens (tertiary/aromatic N) is 2. The first-order chi connectivity index (χ1) is 7.54. The first-order valence-corrected chi connectivity index (χ1v) is 5.06. The molecule has 0 fully saturated rings. The smallest absolute Gasteiger partial charge is 0.161 e. The van der Waals surface area contributed by atoms with Crippen LogP contribution in [0.3, 0.4) is 0 Å². The minimum atomic E-state index is -0.206. The molecule has 0 amide bonds. The first kappa shape index (κ1) is 12.2. The number of nitrogens with two attached hydrogens (primary N) is 1. The average molecular weight is 222 g/mol. The van der Waals surface area contributed by atoms with Gasteiger partial charge in [0.15, 0.2) is 5.84 Å². The number of benzene rings is 1. The van der Waals surface area contributed by atoms with Crippen LogP contribution < -0.4 is 16.0 Å². The molecule has 1 aromatic rings. The van der Waals surface area contributed by atoms with Gasteiger partial charge in [0.25, 0.3) is 0 Å². The van der Waals surface area contributed by atoms with Crippen molar-refractivity contribution in [1.82, 2.24) is 0 Å². The van der Waals surface area contributed by atoms with Crippen molar-refractivity contribution in [2.75, 3.05) is 24.3 Å². The molecule has 1 aromatic carbocycles. The summed E-state index contributed by atoms with van der Waals surface area (Å²) in [4.78, 5) is 2.01. The van der Waals surface area contributed by atoms with E-state index in [1.807, 2.05) is 50.2 Å². The molecule has 0 saturated heterocycles. The molecule has 5 nitrogen and oxygen atoms in total. The summed E-state index contributed by atoms with van der Waals surface area (Å²) in [6, 6.07) is 7.70. The van der Waals surface area contributed by atoms with Crippen molar-refractivity contribution in [3.8, 4) is 0 Å². The third kappa shape index (κ3) is 3.05. The molecule has 1 rings (SSSR count). The van der Waals surface area contributed by atoms with Gasteiger partial charge in [-0.2, -0.15) is 0 Å². The quantitative estimate of drug-likeness (QED) is 0.311. The van der Waals surface area contributed by atoms with Crippen molar-refractivity contribution >= 4 is 17.2 Å². The van der Waals surface area contributed by atoms with E-state index in [9.17, 15) is 0 Å². The van der Waals surface area contributed by atoms with Crippen LogP contribution in [0.1, 0.15) is 6.92 Å². The lowest BCUT2D eigenvalue weighted by atomic mass is 10.2. The van der Waals surface area contributed by atoms with Crippen molar-refractivity contribution in [3.63, 3.8) is 0 Å². The van der Waals surface area contributed by atoms with E-state index >= 15 is 0 Å². The number of oxime groups is 1. The van der Waals surface area contributed by atoms with E-state index in [-0.39, 0.29) is 11.9 Å². The summed E-state index contributed by atoms with van der Waals surface area (Å²) < 4.78 is 0. The van der Waals surface area contributed by atoms with E-state index in [1.54, 1.807) is 0 Å². The second-order valence-corrected chi connectivity index (χ2v) is 3.84. The van der Waals surface area contributed by atoms with Gasteiger partial charge in [0, 0.05) is 25.5 Å². The van der Waals surface area contributed by atoms with E-state index in [4.69, 9.17) is 10.9 Å². The van der Waals surface area contributed by atoms with Gasteiger partial charge in [-0.3, -0.25) is 0 Å². The van der Waals surface area contributed by atoms with Gasteiger partial charge < -0.3 is 21.2 Å². The lowest BCUT2D eigenvalue weighted by Crippen LogP contribution is -2.32. The van der Waals surface area contributed by atoms with E-state index in [0.717, 1.165) is 11.4 Å². The Hall–Kier alpha value is -1.91. The van der Waals surface area contributed by atoms with Gasteiger partial charge in [-0.1, -0.05) is 11.2 Å². The predicted molar refractivity (Wildman–Crippen MR) is 67.3 cm³/mol. The van der Waals surface area contributed by atoms with Gasteiger partial charge in [-0.15, -0.1) is 0 Å². The van der Waals surface area contributed by atoms with Crippen molar-refractivity contribution < 1.29 is 5.21 Å². The second kappa shape index (κ2) is 5.25. The van der Waals surface area contributed by atoms with Crippen LogP contribution in [0.4, 0.5) is 11.4 Å². The third-order valence-electron chi connectivity index (χ3n) is 2.30. The summed E-state index contributed by atoms with van der Waals surface area (Å²) >= 11 is 0. The Morgan fingerprint density at radius 3 is 2.75 bits per heavy atom. The highest BCUT2D eigenvalue weighted by Gasteiger charge is 2.07. The van der Waals surface area contributed by atoms with Gasteiger partial charge in [-0.05, 0) is 25.1 Å². The number of hydrogen-bond donors (Lipinski definition) is 3. The van der Waals surface area contributed by atoms with Crippen LogP contribution in [0, 0.1) is 0 Å². The van der Waals surface area contributed by atoms with Crippen LogP contribution >= 0.6 is 0 Å². The van der Waals surface area contributed by atoms with E-state index in [0.29, 0.717) is 0 Å². The Balaban J connectivity index is 2.78. The average Bonchev–Trinajstić information content (AvgIpc) is 2.28. The maximum atomic E-state index is 8.54. The molecule has 16 heavy (non-hydrogen) atoms. The molecule has 0 spiro atoms. The molecule has 88 valence electrons. The Morgan fingerprint density at radius 2 is 2.19 bits per heavy atom. The molecule has 5 heteroatoms. The maximum absolute atomic E-state index is 8.54. The molecule has 0 aliphatic heterocycles. The highest BCUT2D eigenvalue weighted by atomic mass is 16.4. The van der Waals surface area contributed by atoms with E-state index in [1.165, 1.54) is 0 Å². The summed E-state index contributed by atoms with van der Waals surface area (Å²) in [5, 5.41) is 14.6. The van der Waals surface area contributed by atoms with Crippen LogP contribution in [0.5, 0.6) is 0 Å². The van der Waals surface area contributed by atoms with E-state index < -0.39 is 0 Å². The first-order valence-electron chi connectivity index (χ1n) is 5.06. The normalized spacial score (nSPS) is 13.3. The Bertz CT molecular complexity index is 376. The van der Waals surface area contributed by atoms with Crippen molar-refractivity contribution in [2.45, 2.75) is 13.0 Å². The largest absolute Gasteiger partial charge is 0.409 e. The summed E-state index contributed by atoms with van der Waals surface area (Å²) in [6.07, 6.45) is 0. The molecule has 0 aliphatic carbocycles. The van der Waals surface area contributed by atoms with Crippen LogP contribution in [0.15, 0.2) is 29.4 Å². The van der Waals surface area contributed by atoms with E-state index in [2.05, 4.69) is 10.5 Å². The van der Waals surface area contributed by atoms with Crippen LogP contribution in [0.25, 0.3) is 0 Å². The van der Waals surface area contributed by atoms with Gasteiger partial charge in [0.05, 0.1) is 6.04 Å². The molecule has 0 bridgehead atoms. The van der Waals surface area contributed by atoms with Crippen LogP contribution in [-0.4, -0.2) is 31.2 Å². The molecule has 0 radical (unpaired) electrons. The highest BCUT2D eigenvalue weighted by Crippen LogP contribution is 2.17. The maximum Gasteiger partial charge on any atom is 0.161 e. The molecule has 0 aliphatic rings. The van der Waals surface area contributed by atoms with Crippen LogP contribution in [0.2, 0.25) is 0 Å². The van der Waals surface area contributed by atoms with Crippen LogP contribution in [-0.2, 0) is 0 Å². The molecule has 0 aromatic heterocycles. The Morgan fingerprint density at radius 1 is 1.50 bits per heavy atom. The summed E-state index contributed by atoms with van der Waals surface area (Å²) in [5.41, 5.74) is 7.52.